The Labute approximate surface area is 130 Å². The Morgan fingerprint density at radius 1 is 1.32 bits per heavy atom. The minimum absolute atomic E-state index is 0.303. The Bertz CT molecular complexity index is 662. The second-order valence-corrected chi connectivity index (χ2v) is 4.90. The second kappa shape index (κ2) is 7.94. The van der Waals surface area contributed by atoms with Crippen molar-refractivity contribution in [3.8, 4) is 6.07 Å². The molecule has 2 aromatic rings. The predicted octanol–water partition coefficient (Wildman–Crippen LogP) is 3.23. The molecule has 2 rings (SSSR count). The number of aryl methyl sites for hydroxylation is 1. The van der Waals surface area contributed by atoms with Gasteiger partial charge in [-0.05, 0) is 31.4 Å². The van der Waals surface area contributed by atoms with Gasteiger partial charge in [0.1, 0.15) is 0 Å². The van der Waals surface area contributed by atoms with Gasteiger partial charge >= 0.3 is 5.97 Å². The number of carbonyl (C=O) groups excluding carboxylic acids is 1. The highest BCUT2D eigenvalue weighted by molar-refractivity contribution is 5.79. The lowest BCUT2D eigenvalue weighted by molar-refractivity contribution is -0.145. The smallest absolute Gasteiger partial charge is 0.313 e. The minimum atomic E-state index is -0.469. The van der Waals surface area contributed by atoms with Gasteiger partial charge in [-0.2, -0.15) is 5.26 Å². The molecule has 0 amide bonds. The molecule has 4 nitrogen and oxygen atoms in total. The minimum Gasteiger partial charge on any atom is -0.466 e. The van der Waals surface area contributed by atoms with E-state index in [9.17, 15) is 10.1 Å². The van der Waals surface area contributed by atoms with E-state index < -0.39 is 5.92 Å². The summed E-state index contributed by atoms with van der Waals surface area (Å²) in [5.41, 5.74) is 2.26. The van der Waals surface area contributed by atoms with Crippen molar-refractivity contribution in [2.75, 3.05) is 6.61 Å². The van der Waals surface area contributed by atoms with E-state index >= 15 is 0 Å². The maximum atomic E-state index is 12.3. The number of hydrogen-bond acceptors (Lipinski definition) is 4. The molecular formula is C18H18N2O2. The summed E-state index contributed by atoms with van der Waals surface area (Å²) in [5, 5.41) is 9.23. The zero-order chi connectivity index (χ0) is 15.8. The largest absolute Gasteiger partial charge is 0.466 e. The lowest BCUT2D eigenvalue weighted by Gasteiger charge is -2.16. The highest BCUT2D eigenvalue weighted by atomic mass is 16.5. The first kappa shape index (κ1) is 15.7. The molecule has 0 aliphatic heterocycles. The van der Waals surface area contributed by atoms with Gasteiger partial charge in [0.15, 0.2) is 0 Å². The van der Waals surface area contributed by atoms with Crippen molar-refractivity contribution in [3.63, 3.8) is 0 Å². The lowest BCUT2D eigenvalue weighted by Crippen LogP contribution is -2.18. The average molecular weight is 294 g/mol. The Balaban J connectivity index is 2.23. The zero-order valence-corrected chi connectivity index (χ0v) is 12.5. The lowest BCUT2D eigenvalue weighted by atomic mass is 9.90. The van der Waals surface area contributed by atoms with E-state index in [1.54, 1.807) is 25.4 Å². The number of aromatic nitrogens is 1. The first-order valence-corrected chi connectivity index (χ1v) is 7.30. The molecule has 0 fully saturated rings. The topological polar surface area (TPSA) is 63.0 Å². The molecule has 1 unspecified atom stereocenters. The van der Waals surface area contributed by atoms with Crippen molar-refractivity contribution in [1.82, 2.24) is 4.98 Å². The standard InChI is InChI=1S/C18H18N2O2/c1-2-22-18(21)16(9-8-14-6-4-3-5-7-14)17-13-20-11-10-15(17)12-19/h3-7,10-11,13,16H,2,8-9H2,1H3. The van der Waals surface area contributed by atoms with E-state index in [1.165, 1.54) is 0 Å². The SMILES string of the molecule is CCOC(=O)C(CCc1ccccc1)c1cnccc1C#N. The van der Waals surface area contributed by atoms with Crippen molar-refractivity contribution in [1.29, 1.82) is 5.26 Å². The van der Waals surface area contributed by atoms with Crippen molar-refractivity contribution >= 4 is 5.97 Å². The van der Waals surface area contributed by atoms with Crippen LogP contribution in [0, 0.1) is 11.3 Å². The maximum absolute atomic E-state index is 12.3. The number of esters is 1. The van der Waals surface area contributed by atoms with Crippen LogP contribution in [0.1, 0.15) is 36.0 Å². The van der Waals surface area contributed by atoms with E-state index in [2.05, 4.69) is 11.1 Å². The van der Waals surface area contributed by atoms with Crippen molar-refractivity contribution in [3.05, 3.63) is 65.5 Å². The van der Waals surface area contributed by atoms with E-state index in [4.69, 9.17) is 4.74 Å². The molecule has 0 radical (unpaired) electrons. The third-order valence-electron chi connectivity index (χ3n) is 3.48. The number of nitrogens with zero attached hydrogens (tertiary/aromatic N) is 2. The van der Waals surface area contributed by atoms with Crippen molar-refractivity contribution in [2.45, 2.75) is 25.7 Å². The highest BCUT2D eigenvalue weighted by Gasteiger charge is 2.24. The summed E-state index contributed by atoms with van der Waals surface area (Å²) in [6, 6.07) is 13.7. The summed E-state index contributed by atoms with van der Waals surface area (Å²) in [6.45, 7) is 2.10. The number of nitriles is 1. The Kier molecular flexibility index (Phi) is 5.67. The Hall–Kier alpha value is -2.67. The molecule has 1 aromatic carbocycles. The van der Waals surface area contributed by atoms with Gasteiger partial charge in [-0.15, -0.1) is 0 Å². The molecule has 1 heterocycles. The van der Waals surface area contributed by atoms with Crippen LogP contribution in [-0.4, -0.2) is 17.6 Å². The molecule has 1 atom stereocenters. The van der Waals surface area contributed by atoms with E-state index in [-0.39, 0.29) is 5.97 Å². The average Bonchev–Trinajstić information content (AvgIpc) is 2.56. The van der Waals surface area contributed by atoms with E-state index in [1.807, 2.05) is 30.3 Å². The first-order chi connectivity index (χ1) is 10.8. The van der Waals surface area contributed by atoms with Gasteiger partial charge in [0.2, 0.25) is 0 Å². The molecular weight excluding hydrogens is 276 g/mol. The maximum Gasteiger partial charge on any atom is 0.313 e. The van der Waals surface area contributed by atoms with Crippen LogP contribution >= 0.6 is 0 Å². The Morgan fingerprint density at radius 2 is 2.09 bits per heavy atom. The number of benzene rings is 1. The summed E-state index contributed by atoms with van der Waals surface area (Å²) in [6.07, 6.45) is 4.47. The van der Waals surface area contributed by atoms with Crippen LogP contribution in [0.3, 0.4) is 0 Å². The van der Waals surface area contributed by atoms with Crippen LogP contribution in [0.4, 0.5) is 0 Å². The first-order valence-electron chi connectivity index (χ1n) is 7.30. The molecule has 1 aromatic heterocycles. The molecule has 0 N–H and O–H groups in total. The fraction of sp³-hybridized carbons (Fsp3) is 0.278. The van der Waals surface area contributed by atoms with Crippen molar-refractivity contribution in [2.24, 2.45) is 0 Å². The van der Waals surface area contributed by atoms with Gasteiger partial charge in [0.05, 0.1) is 24.2 Å². The van der Waals surface area contributed by atoms with Crippen LogP contribution in [0.15, 0.2) is 48.8 Å². The highest BCUT2D eigenvalue weighted by Crippen LogP contribution is 2.25. The van der Waals surface area contributed by atoms with Crippen LogP contribution < -0.4 is 0 Å². The Morgan fingerprint density at radius 3 is 2.77 bits per heavy atom. The number of hydrogen-bond donors (Lipinski definition) is 0. The fourth-order valence-corrected chi connectivity index (χ4v) is 2.39. The van der Waals surface area contributed by atoms with Crippen LogP contribution in [0.25, 0.3) is 0 Å². The van der Waals surface area contributed by atoms with Gasteiger partial charge < -0.3 is 4.74 Å². The molecule has 0 saturated carbocycles. The van der Waals surface area contributed by atoms with Crippen LogP contribution in [0.2, 0.25) is 0 Å². The zero-order valence-electron chi connectivity index (χ0n) is 12.5. The molecule has 22 heavy (non-hydrogen) atoms. The molecule has 0 bridgehead atoms. The van der Waals surface area contributed by atoms with Gasteiger partial charge in [0.25, 0.3) is 0 Å². The second-order valence-electron chi connectivity index (χ2n) is 4.90. The number of pyridine rings is 1. The number of rotatable bonds is 6. The molecule has 0 aliphatic carbocycles. The number of ether oxygens (including phenoxy) is 1. The van der Waals surface area contributed by atoms with Crippen LogP contribution in [-0.2, 0) is 16.0 Å². The summed E-state index contributed by atoms with van der Waals surface area (Å²) < 4.78 is 5.17. The fourth-order valence-electron chi connectivity index (χ4n) is 2.39. The van der Waals surface area contributed by atoms with Gasteiger partial charge in [-0.3, -0.25) is 9.78 Å². The number of carbonyl (C=O) groups is 1. The summed E-state index contributed by atoms with van der Waals surface area (Å²) in [5.74, 6) is -0.772. The molecule has 112 valence electrons. The van der Waals surface area contributed by atoms with Crippen molar-refractivity contribution < 1.29 is 9.53 Å². The summed E-state index contributed by atoms with van der Waals surface area (Å²) >= 11 is 0. The predicted molar refractivity (Wildman–Crippen MR) is 83.1 cm³/mol. The molecule has 4 heteroatoms. The van der Waals surface area contributed by atoms with E-state index in [0.29, 0.717) is 24.2 Å². The monoisotopic (exact) mass is 294 g/mol. The molecule has 0 spiro atoms. The van der Waals surface area contributed by atoms with Gasteiger partial charge in [-0.1, -0.05) is 30.3 Å². The van der Waals surface area contributed by atoms with Gasteiger partial charge in [-0.25, -0.2) is 0 Å². The third kappa shape index (κ3) is 3.92. The molecule has 0 aliphatic rings. The summed E-state index contributed by atoms with van der Waals surface area (Å²) in [4.78, 5) is 16.3. The quantitative estimate of drug-likeness (QED) is 0.767. The van der Waals surface area contributed by atoms with E-state index in [0.717, 1.165) is 12.0 Å². The van der Waals surface area contributed by atoms with Gasteiger partial charge in [0, 0.05) is 18.0 Å². The summed E-state index contributed by atoms with van der Waals surface area (Å²) in [7, 11) is 0. The third-order valence-corrected chi connectivity index (χ3v) is 3.48. The molecule has 0 saturated heterocycles. The van der Waals surface area contributed by atoms with Crippen LogP contribution in [0.5, 0.6) is 0 Å². The normalized spacial score (nSPS) is 11.5.